The number of aliphatic hydroxyl groups excluding tert-OH is 1. The van der Waals surface area contributed by atoms with Crippen LogP contribution in [0.3, 0.4) is 0 Å². The van der Waals surface area contributed by atoms with Gasteiger partial charge in [-0.15, -0.1) is 0 Å². The second-order valence-corrected chi connectivity index (χ2v) is 4.76. The molecule has 0 aromatic heterocycles. The molecule has 1 N–H and O–H groups in total. The van der Waals surface area contributed by atoms with Crippen molar-refractivity contribution in [2.24, 2.45) is 5.92 Å². The number of halogens is 1. The summed E-state index contributed by atoms with van der Waals surface area (Å²) in [6.07, 6.45) is 1.56. The van der Waals surface area contributed by atoms with Crippen LogP contribution in [-0.2, 0) is 0 Å². The van der Waals surface area contributed by atoms with E-state index < -0.39 is 6.10 Å². The third-order valence-electron chi connectivity index (χ3n) is 3.02. The highest BCUT2D eigenvalue weighted by Gasteiger charge is 2.19. The molecule has 0 aliphatic rings. The van der Waals surface area contributed by atoms with Gasteiger partial charge in [-0.05, 0) is 23.6 Å². The minimum atomic E-state index is -0.407. The van der Waals surface area contributed by atoms with E-state index in [4.69, 9.17) is 4.74 Å². The zero-order chi connectivity index (χ0) is 12.1. The molecule has 2 nitrogen and oxygen atoms in total. The van der Waals surface area contributed by atoms with Gasteiger partial charge in [-0.1, -0.05) is 48.7 Å². The van der Waals surface area contributed by atoms with Crippen LogP contribution in [0, 0.1) is 5.92 Å². The Morgan fingerprint density at radius 1 is 1.31 bits per heavy atom. The van der Waals surface area contributed by atoms with Crippen LogP contribution >= 0.6 is 15.9 Å². The zero-order valence-corrected chi connectivity index (χ0v) is 11.6. The van der Waals surface area contributed by atoms with Crippen LogP contribution in [0.1, 0.15) is 38.4 Å². The summed E-state index contributed by atoms with van der Waals surface area (Å²) in [6, 6.07) is 5.69. The first kappa shape index (κ1) is 13.5. The molecule has 1 aromatic carbocycles. The number of aliphatic hydroxyl groups is 1. The van der Waals surface area contributed by atoms with Gasteiger partial charge in [-0.25, -0.2) is 0 Å². The van der Waals surface area contributed by atoms with Crippen molar-refractivity contribution in [1.29, 1.82) is 0 Å². The lowest BCUT2D eigenvalue weighted by Crippen LogP contribution is -2.11. The molecule has 0 saturated heterocycles. The highest BCUT2D eigenvalue weighted by Crippen LogP contribution is 2.33. The highest BCUT2D eigenvalue weighted by molar-refractivity contribution is 9.10. The van der Waals surface area contributed by atoms with E-state index in [1.807, 2.05) is 18.2 Å². The van der Waals surface area contributed by atoms with Crippen molar-refractivity contribution in [3.05, 3.63) is 28.2 Å². The SMILES string of the molecule is CCC(CC)C(O)c1ccc(OC)cc1Br. The summed E-state index contributed by atoms with van der Waals surface area (Å²) >= 11 is 3.48. The second kappa shape index (κ2) is 6.26. The predicted molar refractivity (Wildman–Crippen MR) is 69.7 cm³/mol. The average molecular weight is 287 g/mol. The van der Waals surface area contributed by atoms with Gasteiger partial charge in [0.25, 0.3) is 0 Å². The molecule has 1 aromatic rings. The number of methoxy groups -OCH3 is 1. The molecule has 3 heteroatoms. The van der Waals surface area contributed by atoms with Crippen LogP contribution in [-0.4, -0.2) is 12.2 Å². The van der Waals surface area contributed by atoms with E-state index in [0.29, 0.717) is 5.92 Å². The summed E-state index contributed by atoms with van der Waals surface area (Å²) in [5, 5.41) is 10.3. The van der Waals surface area contributed by atoms with Crippen molar-refractivity contribution in [1.82, 2.24) is 0 Å². The number of ether oxygens (including phenoxy) is 1. The number of hydrogen-bond acceptors (Lipinski definition) is 2. The average Bonchev–Trinajstić information content (AvgIpc) is 2.30. The quantitative estimate of drug-likeness (QED) is 0.889. The Balaban J connectivity index is 2.95. The fourth-order valence-corrected chi connectivity index (χ4v) is 2.46. The zero-order valence-electron chi connectivity index (χ0n) is 10.0. The maximum atomic E-state index is 10.3. The van der Waals surface area contributed by atoms with Gasteiger partial charge in [0.1, 0.15) is 5.75 Å². The molecule has 0 aliphatic heterocycles. The lowest BCUT2D eigenvalue weighted by atomic mass is 9.91. The van der Waals surface area contributed by atoms with Gasteiger partial charge in [0, 0.05) is 4.47 Å². The first-order valence-electron chi connectivity index (χ1n) is 5.65. The van der Waals surface area contributed by atoms with Crippen LogP contribution in [0.25, 0.3) is 0 Å². The Morgan fingerprint density at radius 3 is 2.38 bits per heavy atom. The van der Waals surface area contributed by atoms with Gasteiger partial charge in [0.15, 0.2) is 0 Å². The Kier molecular flexibility index (Phi) is 5.29. The van der Waals surface area contributed by atoms with Gasteiger partial charge >= 0.3 is 0 Å². The molecule has 1 rings (SSSR count). The first-order valence-corrected chi connectivity index (χ1v) is 6.44. The standard InChI is InChI=1S/C13H19BrO2/c1-4-9(5-2)13(15)11-7-6-10(16-3)8-12(11)14/h6-9,13,15H,4-5H2,1-3H3. The van der Waals surface area contributed by atoms with Crippen molar-refractivity contribution in [3.63, 3.8) is 0 Å². The molecular formula is C13H19BrO2. The topological polar surface area (TPSA) is 29.5 Å². The van der Waals surface area contributed by atoms with Crippen molar-refractivity contribution < 1.29 is 9.84 Å². The minimum Gasteiger partial charge on any atom is -0.497 e. The smallest absolute Gasteiger partial charge is 0.120 e. The van der Waals surface area contributed by atoms with E-state index in [-0.39, 0.29) is 0 Å². The molecule has 90 valence electrons. The monoisotopic (exact) mass is 286 g/mol. The van der Waals surface area contributed by atoms with Crippen LogP contribution in [0.2, 0.25) is 0 Å². The van der Waals surface area contributed by atoms with Crippen molar-refractivity contribution in [2.75, 3.05) is 7.11 Å². The van der Waals surface area contributed by atoms with Gasteiger partial charge in [0.2, 0.25) is 0 Å². The molecule has 1 atom stereocenters. The second-order valence-electron chi connectivity index (χ2n) is 3.91. The van der Waals surface area contributed by atoms with Crippen molar-refractivity contribution in [3.8, 4) is 5.75 Å². The molecule has 0 heterocycles. The highest BCUT2D eigenvalue weighted by atomic mass is 79.9. The van der Waals surface area contributed by atoms with Crippen LogP contribution in [0.5, 0.6) is 5.75 Å². The summed E-state index contributed by atoms with van der Waals surface area (Å²) in [7, 11) is 1.64. The fraction of sp³-hybridized carbons (Fsp3) is 0.538. The van der Waals surface area contributed by atoms with Gasteiger partial charge in [-0.2, -0.15) is 0 Å². The molecule has 0 fully saturated rings. The Bertz CT molecular complexity index is 335. The molecule has 0 spiro atoms. The summed E-state index contributed by atoms with van der Waals surface area (Å²) in [5.74, 6) is 1.11. The van der Waals surface area contributed by atoms with Crippen LogP contribution in [0.4, 0.5) is 0 Å². The van der Waals surface area contributed by atoms with E-state index in [0.717, 1.165) is 28.6 Å². The van der Waals surface area contributed by atoms with Crippen molar-refractivity contribution >= 4 is 15.9 Å². The third kappa shape index (κ3) is 2.98. The summed E-state index contributed by atoms with van der Waals surface area (Å²) < 4.78 is 6.04. The van der Waals surface area contributed by atoms with Gasteiger partial charge in [0.05, 0.1) is 13.2 Å². The lowest BCUT2D eigenvalue weighted by Gasteiger charge is -2.21. The van der Waals surface area contributed by atoms with Crippen LogP contribution in [0.15, 0.2) is 22.7 Å². The number of hydrogen-bond donors (Lipinski definition) is 1. The lowest BCUT2D eigenvalue weighted by molar-refractivity contribution is 0.102. The minimum absolute atomic E-state index is 0.310. The molecule has 0 bridgehead atoms. The van der Waals surface area contributed by atoms with E-state index in [9.17, 15) is 5.11 Å². The number of benzene rings is 1. The molecule has 0 aliphatic carbocycles. The van der Waals surface area contributed by atoms with E-state index >= 15 is 0 Å². The fourth-order valence-electron chi connectivity index (χ4n) is 1.86. The maximum absolute atomic E-state index is 10.3. The van der Waals surface area contributed by atoms with Gasteiger partial charge in [-0.3, -0.25) is 0 Å². The normalized spacial score (nSPS) is 12.9. The Hall–Kier alpha value is -0.540. The molecule has 0 radical (unpaired) electrons. The molecule has 0 saturated carbocycles. The molecule has 1 unspecified atom stereocenters. The van der Waals surface area contributed by atoms with E-state index in [2.05, 4.69) is 29.8 Å². The molecular weight excluding hydrogens is 268 g/mol. The first-order chi connectivity index (χ1) is 7.63. The van der Waals surface area contributed by atoms with E-state index in [1.165, 1.54) is 0 Å². The van der Waals surface area contributed by atoms with Crippen molar-refractivity contribution in [2.45, 2.75) is 32.8 Å². The summed E-state index contributed by atoms with van der Waals surface area (Å²) in [4.78, 5) is 0. The Labute approximate surface area is 106 Å². The molecule has 16 heavy (non-hydrogen) atoms. The molecule has 0 amide bonds. The van der Waals surface area contributed by atoms with E-state index in [1.54, 1.807) is 7.11 Å². The maximum Gasteiger partial charge on any atom is 0.120 e. The summed E-state index contributed by atoms with van der Waals surface area (Å²) in [5.41, 5.74) is 0.939. The van der Waals surface area contributed by atoms with Crippen LogP contribution < -0.4 is 4.74 Å². The summed E-state index contributed by atoms with van der Waals surface area (Å²) in [6.45, 7) is 4.21. The predicted octanol–water partition coefficient (Wildman–Crippen LogP) is 3.93. The number of rotatable bonds is 5. The third-order valence-corrected chi connectivity index (χ3v) is 3.71. The largest absolute Gasteiger partial charge is 0.497 e. The van der Waals surface area contributed by atoms with Gasteiger partial charge < -0.3 is 9.84 Å². The Morgan fingerprint density at radius 2 is 1.94 bits per heavy atom.